The number of rotatable bonds is 3. The summed E-state index contributed by atoms with van der Waals surface area (Å²) < 4.78 is 28.2. The summed E-state index contributed by atoms with van der Waals surface area (Å²) in [4.78, 5) is 0. The van der Waals surface area contributed by atoms with E-state index in [0.29, 0.717) is 0 Å². The first-order valence-corrected chi connectivity index (χ1v) is 4.26. The van der Waals surface area contributed by atoms with Crippen molar-refractivity contribution in [1.29, 1.82) is 0 Å². The van der Waals surface area contributed by atoms with Crippen LogP contribution in [-0.4, -0.2) is 34.2 Å². The fourth-order valence-electron chi connectivity index (χ4n) is 0.252. The van der Waals surface area contributed by atoms with Crippen LogP contribution >= 0.6 is 11.6 Å². The van der Waals surface area contributed by atoms with E-state index in [1.54, 1.807) is 0 Å². The molecule has 0 aliphatic rings. The highest BCUT2D eigenvalue weighted by Gasteiger charge is 2.37. The van der Waals surface area contributed by atoms with Crippen LogP contribution in [0.15, 0.2) is 0 Å². The molecule has 0 bridgehead atoms. The minimum atomic E-state index is -4.84. The highest BCUT2D eigenvalue weighted by Crippen LogP contribution is 2.13. The van der Waals surface area contributed by atoms with Crippen molar-refractivity contribution in [2.24, 2.45) is 0 Å². The van der Waals surface area contributed by atoms with Gasteiger partial charge in [-0.15, -0.1) is 11.6 Å². The van der Waals surface area contributed by atoms with Crippen molar-refractivity contribution in [1.82, 2.24) is 0 Å². The Hall–Kier alpha value is 0.120. The molecule has 10 heavy (non-hydrogen) atoms. The Bertz CT molecular complexity index is 195. The Balaban J connectivity index is 4.42. The number of hydrogen-bond donors (Lipinski definition) is 3. The van der Waals surface area contributed by atoms with E-state index < -0.39 is 21.7 Å². The van der Waals surface area contributed by atoms with Crippen LogP contribution in [0.2, 0.25) is 0 Å². The minimum Gasteiger partial charge on any atom is -0.352 e. The third-order valence-corrected chi connectivity index (χ3v) is 2.05. The lowest BCUT2D eigenvalue weighted by molar-refractivity contribution is -0.0918. The Morgan fingerprint density at radius 2 is 1.80 bits per heavy atom. The molecule has 0 amide bonds. The van der Waals surface area contributed by atoms with Crippen LogP contribution in [0.25, 0.3) is 0 Å². The Kier molecular flexibility index (Phi) is 3.05. The SMILES string of the molecule is O=S(=O)(O)C(O)(O)CCCl. The second-order valence-corrected chi connectivity index (χ2v) is 3.64. The third-order valence-electron chi connectivity index (χ3n) is 0.833. The van der Waals surface area contributed by atoms with E-state index in [4.69, 9.17) is 26.4 Å². The summed E-state index contributed by atoms with van der Waals surface area (Å²) in [5.74, 6) is -0.271. The van der Waals surface area contributed by atoms with E-state index in [1.807, 2.05) is 0 Å². The lowest BCUT2D eigenvalue weighted by Crippen LogP contribution is -2.38. The zero-order valence-corrected chi connectivity index (χ0v) is 6.43. The molecule has 0 spiro atoms. The molecule has 0 aromatic carbocycles. The van der Waals surface area contributed by atoms with Crippen LogP contribution in [0, 0.1) is 0 Å². The standard InChI is InChI=1S/C3H7ClO5S/c4-2-1-3(5,6)10(7,8)9/h5-6H,1-2H2,(H,7,8,9). The average molecular weight is 191 g/mol. The molecule has 0 aromatic heterocycles. The van der Waals surface area contributed by atoms with Crippen LogP contribution in [0.3, 0.4) is 0 Å². The smallest absolute Gasteiger partial charge is 0.321 e. The normalized spacial score (nSPS) is 13.6. The van der Waals surface area contributed by atoms with Crippen molar-refractivity contribution in [3.05, 3.63) is 0 Å². The maximum atomic E-state index is 10.0. The lowest BCUT2D eigenvalue weighted by Gasteiger charge is -2.15. The molecule has 0 saturated carbocycles. The van der Waals surface area contributed by atoms with Crippen molar-refractivity contribution in [3.8, 4) is 0 Å². The molecule has 3 N–H and O–H groups in total. The van der Waals surface area contributed by atoms with Gasteiger partial charge >= 0.3 is 10.1 Å². The summed E-state index contributed by atoms with van der Waals surface area (Å²) in [7, 11) is -4.84. The summed E-state index contributed by atoms with van der Waals surface area (Å²) in [6.07, 6.45) is -0.632. The molecule has 0 radical (unpaired) electrons. The molecule has 0 aromatic rings. The zero-order valence-electron chi connectivity index (χ0n) is 4.86. The number of alkyl halides is 1. The van der Waals surface area contributed by atoms with Crippen LogP contribution in [-0.2, 0) is 10.1 Å². The van der Waals surface area contributed by atoms with Gasteiger partial charge in [-0.3, -0.25) is 4.55 Å². The quantitative estimate of drug-likeness (QED) is 0.306. The molecule has 0 aliphatic carbocycles. The molecule has 0 rings (SSSR count). The van der Waals surface area contributed by atoms with Gasteiger partial charge in [0.2, 0.25) is 0 Å². The van der Waals surface area contributed by atoms with Crippen LogP contribution < -0.4 is 0 Å². The monoisotopic (exact) mass is 190 g/mol. The maximum absolute atomic E-state index is 10.0. The van der Waals surface area contributed by atoms with Crippen molar-refractivity contribution in [2.45, 2.75) is 11.5 Å². The van der Waals surface area contributed by atoms with Crippen LogP contribution in [0.1, 0.15) is 6.42 Å². The van der Waals surface area contributed by atoms with Gasteiger partial charge in [-0.05, 0) is 0 Å². The summed E-state index contributed by atoms with van der Waals surface area (Å²) in [6.45, 7) is 0. The topological polar surface area (TPSA) is 94.8 Å². The molecule has 0 fully saturated rings. The molecule has 0 heterocycles. The highest BCUT2D eigenvalue weighted by atomic mass is 35.5. The van der Waals surface area contributed by atoms with Crippen molar-refractivity contribution >= 4 is 21.7 Å². The Morgan fingerprint density at radius 1 is 1.40 bits per heavy atom. The van der Waals surface area contributed by atoms with E-state index in [2.05, 4.69) is 0 Å². The molecule has 7 heteroatoms. The van der Waals surface area contributed by atoms with Gasteiger partial charge in [0.15, 0.2) is 0 Å². The average Bonchev–Trinajstić information content (AvgIpc) is 1.61. The lowest BCUT2D eigenvalue weighted by atomic mass is 10.5. The van der Waals surface area contributed by atoms with Crippen LogP contribution in [0.4, 0.5) is 0 Å². The maximum Gasteiger partial charge on any atom is 0.321 e. The molecule has 0 saturated heterocycles. The van der Waals surface area contributed by atoms with Crippen molar-refractivity contribution in [2.75, 3.05) is 5.88 Å². The van der Waals surface area contributed by atoms with E-state index in [9.17, 15) is 8.42 Å². The van der Waals surface area contributed by atoms with Gasteiger partial charge < -0.3 is 10.2 Å². The molecular weight excluding hydrogens is 184 g/mol. The van der Waals surface area contributed by atoms with E-state index >= 15 is 0 Å². The van der Waals surface area contributed by atoms with Gasteiger partial charge in [0.05, 0.1) is 0 Å². The van der Waals surface area contributed by atoms with Gasteiger partial charge in [-0.1, -0.05) is 0 Å². The Morgan fingerprint density at radius 3 is 1.90 bits per heavy atom. The third kappa shape index (κ3) is 2.39. The molecule has 62 valence electrons. The first-order chi connectivity index (χ1) is 4.31. The number of halogens is 1. The predicted molar refractivity (Wildman–Crippen MR) is 34.1 cm³/mol. The van der Waals surface area contributed by atoms with Crippen LogP contribution in [0.5, 0.6) is 0 Å². The molecular formula is C3H7ClO5S. The molecule has 5 nitrogen and oxygen atoms in total. The number of aliphatic hydroxyl groups is 2. The van der Waals surface area contributed by atoms with Gasteiger partial charge in [-0.25, -0.2) is 0 Å². The highest BCUT2D eigenvalue weighted by molar-refractivity contribution is 7.86. The summed E-state index contributed by atoms with van der Waals surface area (Å²) in [5.41, 5.74) is 0. The summed E-state index contributed by atoms with van der Waals surface area (Å²) in [6, 6.07) is 0. The van der Waals surface area contributed by atoms with Gasteiger partial charge in [-0.2, -0.15) is 8.42 Å². The fourth-order valence-corrected chi connectivity index (χ4v) is 0.988. The molecule has 0 atom stereocenters. The fraction of sp³-hybridized carbons (Fsp3) is 1.00. The largest absolute Gasteiger partial charge is 0.352 e. The second kappa shape index (κ2) is 3.02. The van der Waals surface area contributed by atoms with Gasteiger partial charge in [0.1, 0.15) is 0 Å². The van der Waals surface area contributed by atoms with Crippen molar-refractivity contribution < 1.29 is 23.2 Å². The summed E-state index contributed by atoms with van der Waals surface area (Å²) >= 11 is 5.00. The first-order valence-electron chi connectivity index (χ1n) is 2.29. The minimum absolute atomic E-state index is 0.271. The molecule has 0 aliphatic heterocycles. The Labute approximate surface area is 63.0 Å². The second-order valence-electron chi connectivity index (χ2n) is 1.66. The molecule has 0 unspecified atom stereocenters. The van der Waals surface area contributed by atoms with E-state index in [1.165, 1.54) is 0 Å². The van der Waals surface area contributed by atoms with Gasteiger partial charge in [0, 0.05) is 12.3 Å². The van der Waals surface area contributed by atoms with Crippen molar-refractivity contribution in [3.63, 3.8) is 0 Å². The summed E-state index contributed by atoms with van der Waals surface area (Å²) in [5, 5.41) is 13.9. The van der Waals surface area contributed by atoms with E-state index in [0.717, 1.165) is 0 Å². The first kappa shape index (κ1) is 10.1. The predicted octanol–water partition coefficient (Wildman–Crippen LogP) is -0.859. The number of hydrogen-bond acceptors (Lipinski definition) is 4. The zero-order chi connectivity index (χ0) is 8.41. The van der Waals surface area contributed by atoms with E-state index in [-0.39, 0.29) is 5.88 Å². The van der Waals surface area contributed by atoms with Gasteiger partial charge in [0.25, 0.3) is 5.12 Å².